The summed E-state index contributed by atoms with van der Waals surface area (Å²) in [5.41, 5.74) is 13.2. The number of rotatable bonds is 12. The van der Waals surface area contributed by atoms with Gasteiger partial charge in [-0.1, -0.05) is 33.8 Å². The van der Waals surface area contributed by atoms with Crippen LogP contribution in [0.2, 0.25) is 0 Å². The van der Waals surface area contributed by atoms with Crippen molar-refractivity contribution in [3.8, 4) is 0 Å². The number of carbonyl (C=O) groups is 2. The van der Waals surface area contributed by atoms with Crippen LogP contribution in [0.15, 0.2) is 36.0 Å². The molecule has 1 rings (SSSR count). The summed E-state index contributed by atoms with van der Waals surface area (Å²) >= 11 is 0. The number of anilines is 2. The highest BCUT2D eigenvalue weighted by molar-refractivity contribution is 6.05. The van der Waals surface area contributed by atoms with Gasteiger partial charge in [0.15, 0.2) is 0 Å². The Kier molecular flexibility index (Phi) is 15.0. The highest BCUT2D eigenvalue weighted by atomic mass is 16.2. The molecule has 0 aromatic heterocycles. The van der Waals surface area contributed by atoms with Crippen LogP contribution in [0.4, 0.5) is 11.4 Å². The first-order valence-electron chi connectivity index (χ1n) is 10.5. The molecule has 170 valence electrons. The second-order valence-corrected chi connectivity index (χ2v) is 6.30. The molecule has 2 amide bonds. The predicted molar refractivity (Wildman–Crippen MR) is 125 cm³/mol. The topological polar surface area (TPSA) is 146 Å². The molecule has 0 aliphatic rings. The number of hydrogen-bond donors (Lipinski definition) is 7. The number of carbonyl (C=O) groups excluding carboxylic acids is 2. The van der Waals surface area contributed by atoms with E-state index in [2.05, 4.69) is 26.6 Å². The lowest BCUT2D eigenvalue weighted by molar-refractivity contribution is -0.115. The molecule has 0 saturated heterocycles. The molecule has 0 aliphatic heterocycles. The van der Waals surface area contributed by atoms with Gasteiger partial charge in [0.1, 0.15) is 0 Å². The lowest BCUT2D eigenvalue weighted by atomic mass is 10.1. The minimum Gasteiger partial charge on any atom is -0.404 e. The van der Waals surface area contributed by atoms with Crippen LogP contribution in [0, 0.1) is 0 Å². The standard InChI is InChI=1S/C19H33N7O2.C2H6/c1-4-9-23-18(26-16(21)5-2)15(11-20)19(28)25-14-8-6-7-13(10-14)24-17(27)12-22-3;1-2/h6-8,10-11,16,18,22-23,26H,4-5,9,12,20-21H2,1-3H3,(H,24,27)(H,25,28);1-2H3/b15-11+;. The zero-order chi connectivity index (χ0) is 22.9. The van der Waals surface area contributed by atoms with Crippen LogP contribution in [0.5, 0.6) is 0 Å². The second-order valence-electron chi connectivity index (χ2n) is 6.30. The molecule has 1 aromatic rings. The highest BCUT2D eigenvalue weighted by Gasteiger charge is 2.22. The van der Waals surface area contributed by atoms with Crippen LogP contribution in [-0.4, -0.2) is 44.3 Å². The Hall–Kier alpha value is -2.46. The maximum absolute atomic E-state index is 12.8. The summed E-state index contributed by atoms with van der Waals surface area (Å²) < 4.78 is 0. The van der Waals surface area contributed by atoms with E-state index in [0.717, 1.165) is 6.42 Å². The van der Waals surface area contributed by atoms with Gasteiger partial charge in [0.2, 0.25) is 5.91 Å². The van der Waals surface area contributed by atoms with Crippen molar-refractivity contribution in [1.29, 1.82) is 0 Å². The van der Waals surface area contributed by atoms with Gasteiger partial charge in [0.05, 0.1) is 24.4 Å². The van der Waals surface area contributed by atoms with E-state index in [9.17, 15) is 9.59 Å². The Labute approximate surface area is 180 Å². The quantitative estimate of drug-likeness (QED) is 0.199. The monoisotopic (exact) mass is 421 g/mol. The summed E-state index contributed by atoms with van der Waals surface area (Å²) in [6.45, 7) is 8.88. The number of benzene rings is 1. The maximum atomic E-state index is 12.8. The van der Waals surface area contributed by atoms with Crippen molar-refractivity contribution in [2.45, 2.75) is 52.9 Å². The van der Waals surface area contributed by atoms with Crippen molar-refractivity contribution in [2.75, 3.05) is 30.8 Å². The lowest BCUT2D eigenvalue weighted by Crippen LogP contribution is -2.53. The van der Waals surface area contributed by atoms with Gasteiger partial charge < -0.3 is 27.4 Å². The van der Waals surface area contributed by atoms with Gasteiger partial charge in [0, 0.05) is 17.6 Å². The normalized spacial score (nSPS) is 12.9. The Bertz CT molecular complexity index is 665. The van der Waals surface area contributed by atoms with E-state index < -0.39 is 6.17 Å². The molecule has 9 N–H and O–H groups in total. The first-order valence-corrected chi connectivity index (χ1v) is 10.5. The SMILES string of the molecule is CC.CCCNC(NC(N)CC)/C(=C\N)C(=O)Nc1cccc(NC(=O)CNC)c1. The van der Waals surface area contributed by atoms with E-state index in [1.165, 1.54) is 6.20 Å². The van der Waals surface area contributed by atoms with Gasteiger partial charge in [0.25, 0.3) is 5.91 Å². The minimum atomic E-state index is -0.474. The average Bonchev–Trinajstić information content (AvgIpc) is 2.74. The number of nitrogens with one attached hydrogen (secondary N) is 5. The zero-order valence-corrected chi connectivity index (χ0v) is 18.8. The van der Waals surface area contributed by atoms with E-state index in [0.29, 0.717) is 29.9 Å². The fraction of sp³-hybridized carbons (Fsp3) is 0.524. The first-order chi connectivity index (χ1) is 14.4. The van der Waals surface area contributed by atoms with Crippen LogP contribution in [0.3, 0.4) is 0 Å². The molecule has 9 heteroatoms. The van der Waals surface area contributed by atoms with Crippen LogP contribution in [0.1, 0.15) is 40.5 Å². The Morgan fingerprint density at radius 1 is 1.13 bits per heavy atom. The Morgan fingerprint density at radius 3 is 2.30 bits per heavy atom. The van der Waals surface area contributed by atoms with Crippen LogP contribution >= 0.6 is 0 Å². The molecule has 0 saturated carbocycles. The Morgan fingerprint density at radius 2 is 1.77 bits per heavy atom. The molecule has 0 heterocycles. The summed E-state index contributed by atoms with van der Waals surface area (Å²) in [7, 11) is 1.69. The summed E-state index contributed by atoms with van der Waals surface area (Å²) in [6.07, 6.45) is 2.13. The maximum Gasteiger partial charge on any atom is 0.256 e. The molecular weight excluding hydrogens is 382 g/mol. The van der Waals surface area contributed by atoms with Crippen molar-refractivity contribution in [2.24, 2.45) is 11.5 Å². The molecule has 2 unspecified atom stereocenters. The van der Waals surface area contributed by atoms with E-state index in [1.54, 1.807) is 31.3 Å². The largest absolute Gasteiger partial charge is 0.404 e. The third-order valence-electron chi connectivity index (χ3n) is 3.91. The van der Waals surface area contributed by atoms with Gasteiger partial charge >= 0.3 is 0 Å². The fourth-order valence-electron chi connectivity index (χ4n) is 2.43. The smallest absolute Gasteiger partial charge is 0.256 e. The molecule has 9 nitrogen and oxygen atoms in total. The molecule has 2 atom stereocenters. The van der Waals surface area contributed by atoms with Crippen LogP contribution in [0.25, 0.3) is 0 Å². The molecule has 0 spiro atoms. The van der Waals surface area contributed by atoms with Gasteiger partial charge in [-0.05, 0) is 44.6 Å². The third-order valence-corrected chi connectivity index (χ3v) is 3.91. The highest BCUT2D eigenvalue weighted by Crippen LogP contribution is 2.16. The molecule has 1 aromatic carbocycles. The molecule has 30 heavy (non-hydrogen) atoms. The van der Waals surface area contributed by atoms with Crippen molar-refractivity contribution in [3.05, 3.63) is 36.0 Å². The third kappa shape index (κ3) is 10.4. The van der Waals surface area contributed by atoms with Gasteiger partial charge in [-0.25, -0.2) is 0 Å². The number of hydrogen-bond acceptors (Lipinski definition) is 7. The summed E-state index contributed by atoms with van der Waals surface area (Å²) in [4.78, 5) is 24.5. The number of amides is 2. The van der Waals surface area contributed by atoms with Crippen LogP contribution in [-0.2, 0) is 9.59 Å². The van der Waals surface area contributed by atoms with Crippen LogP contribution < -0.4 is 38.1 Å². The molecule has 0 aliphatic carbocycles. The minimum absolute atomic E-state index is 0.171. The zero-order valence-electron chi connectivity index (χ0n) is 18.8. The lowest BCUT2D eigenvalue weighted by Gasteiger charge is -2.25. The van der Waals surface area contributed by atoms with Gasteiger partial charge in [-0.2, -0.15) is 0 Å². The van der Waals surface area contributed by atoms with Crippen molar-refractivity contribution >= 4 is 23.2 Å². The summed E-state index contributed by atoms with van der Waals surface area (Å²) in [6, 6.07) is 6.91. The number of likely N-dealkylation sites (N-methyl/N-ethyl adjacent to an activating group) is 1. The van der Waals surface area contributed by atoms with E-state index in [4.69, 9.17) is 11.5 Å². The van der Waals surface area contributed by atoms with Gasteiger partial charge in [-0.3, -0.25) is 20.2 Å². The first kappa shape index (κ1) is 27.5. The average molecular weight is 422 g/mol. The predicted octanol–water partition coefficient (Wildman–Crippen LogP) is 1.26. The molecule has 0 fully saturated rings. The number of nitrogens with two attached hydrogens (primary N) is 2. The molecule has 0 radical (unpaired) electrons. The molecular formula is C21H39N7O2. The van der Waals surface area contributed by atoms with Crippen molar-refractivity contribution in [3.63, 3.8) is 0 Å². The fourth-order valence-corrected chi connectivity index (χ4v) is 2.43. The van der Waals surface area contributed by atoms with E-state index in [-0.39, 0.29) is 24.5 Å². The van der Waals surface area contributed by atoms with E-state index in [1.807, 2.05) is 27.7 Å². The van der Waals surface area contributed by atoms with Crippen molar-refractivity contribution < 1.29 is 9.59 Å². The summed E-state index contributed by atoms with van der Waals surface area (Å²) in [5.74, 6) is -0.527. The van der Waals surface area contributed by atoms with Gasteiger partial charge in [-0.15, -0.1) is 0 Å². The molecule has 0 bridgehead atoms. The Balaban J connectivity index is 0.00000407. The summed E-state index contributed by atoms with van der Waals surface area (Å²) in [5, 5.41) is 14.7. The van der Waals surface area contributed by atoms with E-state index >= 15 is 0 Å². The van der Waals surface area contributed by atoms with Crippen molar-refractivity contribution in [1.82, 2.24) is 16.0 Å². The second kappa shape index (κ2) is 16.3.